The van der Waals surface area contributed by atoms with E-state index in [-0.39, 0.29) is 47.0 Å². The first-order chi connectivity index (χ1) is 20.1. The van der Waals surface area contributed by atoms with E-state index in [1.807, 2.05) is 0 Å². The van der Waals surface area contributed by atoms with E-state index in [1.54, 1.807) is 40.7 Å². The molecular formula is C30H30F4N6O3. The summed E-state index contributed by atoms with van der Waals surface area (Å²) in [5.41, 5.74) is -2.61. The zero-order valence-electron chi connectivity index (χ0n) is 24.4. The van der Waals surface area contributed by atoms with Crippen LogP contribution in [0, 0.1) is 34.6 Å². The number of amides is 3. The number of likely N-dealkylation sites (N-methyl/N-ethyl adjacent to an activating group) is 1. The minimum Gasteiger partial charge on any atom is -0.444 e. The summed E-state index contributed by atoms with van der Waals surface area (Å²) in [6, 6.07) is 4.96. The Balaban J connectivity index is 1.77. The molecule has 0 fully saturated rings. The van der Waals surface area contributed by atoms with Crippen LogP contribution in [0.2, 0.25) is 0 Å². The minimum absolute atomic E-state index is 0.00327. The maximum absolute atomic E-state index is 15.8. The number of hydrogen-bond donors (Lipinski definition) is 1. The fourth-order valence-corrected chi connectivity index (χ4v) is 4.57. The van der Waals surface area contributed by atoms with E-state index >= 15 is 13.2 Å². The van der Waals surface area contributed by atoms with E-state index in [1.165, 1.54) is 11.9 Å². The van der Waals surface area contributed by atoms with Gasteiger partial charge in [-0.15, -0.1) is 0 Å². The molecule has 9 nitrogen and oxygen atoms in total. The van der Waals surface area contributed by atoms with Crippen LogP contribution in [-0.4, -0.2) is 53.8 Å². The molecule has 1 aliphatic rings. The van der Waals surface area contributed by atoms with Crippen LogP contribution < -0.4 is 15.1 Å². The lowest BCUT2D eigenvalue weighted by Crippen LogP contribution is -2.45. The first kappa shape index (κ1) is 31.1. The van der Waals surface area contributed by atoms with Gasteiger partial charge in [-0.2, -0.15) is 5.26 Å². The molecule has 1 aliphatic heterocycles. The Kier molecular flexibility index (Phi) is 8.52. The van der Waals surface area contributed by atoms with Crippen LogP contribution in [0.3, 0.4) is 0 Å². The van der Waals surface area contributed by atoms with Gasteiger partial charge in [-0.25, -0.2) is 32.1 Å². The normalized spacial score (nSPS) is 12.8. The quantitative estimate of drug-likeness (QED) is 0.309. The number of fused-ring (bicyclic) bond motifs is 3. The smallest absolute Gasteiger partial charge is 0.410 e. The predicted molar refractivity (Wildman–Crippen MR) is 153 cm³/mol. The lowest BCUT2D eigenvalue weighted by Gasteiger charge is -2.31. The van der Waals surface area contributed by atoms with Crippen LogP contribution in [0.25, 0.3) is 11.1 Å². The zero-order valence-corrected chi connectivity index (χ0v) is 24.4. The maximum Gasteiger partial charge on any atom is 0.410 e. The summed E-state index contributed by atoms with van der Waals surface area (Å²) in [6.07, 6.45) is 0.273. The van der Waals surface area contributed by atoms with Crippen molar-refractivity contribution in [3.8, 4) is 17.2 Å². The summed E-state index contributed by atoms with van der Waals surface area (Å²) in [4.78, 5) is 33.2. The summed E-state index contributed by atoms with van der Waals surface area (Å²) in [5, 5.41) is 12.3. The van der Waals surface area contributed by atoms with E-state index in [0.717, 1.165) is 41.4 Å². The third kappa shape index (κ3) is 6.33. The van der Waals surface area contributed by atoms with Gasteiger partial charge in [0.2, 0.25) is 0 Å². The molecule has 0 bridgehead atoms. The standard InChI is InChI=1S/C30H30F4N6O3/c1-16(2)39-27-20(11-18(31)15-37-27)25-21(32)9-17(14-35)10-24(25)40(28(39)41)26-22(33)12-19(13-23(26)34)36-7-8-38(6)29(42)43-30(3,4)5/h9-13,15-16,36H,7-8H2,1-6H3. The second-order valence-corrected chi connectivity index (χ2v) is 11.2. The number of halogens is 4. The molecule has 1 N–H and O–H groups in total. The number of anilines is 4. The topological polar surface area (TPSA) is 102 Å². The van der Waals surface area contributed by atoms with Crippen molar-refractivity contribution in [1.29, 1.82) is 5.26 Å². The van der Waals surface area contributed by atoms with Crippen LogP contribution in [0.1, 0.15) is 40.2 Å². The Morgan fingerprint density at radius 3 is 2.33 bits per heavy atom. The second-order valence-electron chi connectivity index (χ2n) is 11.2. The molecule has 226 valence electrons. The van der Waals surface area contributed by atoms with Gasteiger partial charge in [-0.1, -0.05) is 0 Å². The number of nitriles is 1. The van der Waals surface area contributed by atoms with E-state index in [0.29, 0.717) is 4.90 Å². The average molecular weight is 599 g/mol. The first-order valence-electron chi connectivity index (χ1n) is 13.3. The van der Waals surface area contributed by atoms with E-state index in [2.05, 4.69) is 10.3 Å². The lowest BCUT2D eigenvalue weighted by atomic mass is 10.00. The third-order valence-corrected chi connectivity index (χ3v) is 6.41. The predicted octanol–water partition coefficient (Wildman–Crippen LogP) is 6.94. The van der Waals surface area contributed by atoms with Gasteiger partial charge in [-0.05, 0) is 65.0 Å². The van der Waals surface area contributed by atoms with Crippen LogP contribution >= 0.6 is 0 Å². The molecule has 0 saturated carbocycles. The number of rotatable bonds is 6. The highest BCUT2D eigenvalue weighted by molar-refractivity contribution is 6.15. The Hall–Kier alpha value is -4.86. The molecule has 0 unspecified atom stereocenters. The molecule has 0 spiro atoms. The molecule has 0 radical (unpaired) electrons. The van der Waals surface area contributed by atoms with Crippen molar-refractivity contribution in [2.75, 3.05) is 35.3 Å². The van der Waals surface area contributed by atoms with Crippen LogP contribution in [0.4, 0.5) is 50.0 Å². The van der Waals surface area contributed by atoms with Crippen molar-refractivity contribution in [3.05, 3.63) is 65.4 Å². The van der Waals surface area contributed by atoms with Crippen molar-refractivity contribution in [3.63, 3.8) is 0 Å². The second kappa shape index (κ2) is 11.8. The van der Waals surface area contributed by atoms with Gasteiger partial charge in [0.25, 0.3) is 0 Å². The third-order valence-electron chi connectivity index (χ3n) is 6.41. The summed E-state index contributed by atoms with van der Waals surface area (Å²) < 4.78 is 66.8. The Morgan fingerprint density at radius 2 is 1.74 bits per heavy atom. The van der Waals surface area contributed by atoms with Gasteiger partial charge < -0.3 is 15.0 Å². The molecule has 2 heterocycles. The van der Waals surface area contributed by atoms with Crippen molar-refractivity contribution in [2.45, 2.75) is 46.3 Å². The molecular weight excluding hydrogens is 568 g/mol. The number of nitrogens with one attached hydrogen (secondary N) is 1. The lowest BCUT2D eigenvalue weighted by molar-refractivity contribution is 0.0305. The van der Waals surface area contributed by atoms with Gasteiger partial charge in [0.15, 0.2) is 11.6 Å². The number of ether oxygens (including phenoxy) is 1. The molecule has 2 aromatic carbocycles. The van der Waals surface area contributed by atoms with Crippen molar-refractivity contribution in [2.24, 2.45) is 0 Å². The summed E-state index contributed by atoms with van der Waals surface area (Å²) in [6.45, 7) is 8.61. The van der Waals surface area contributed by atoms with E-state index in [4.69, 9.17) is 4.74 Å². The van der Waals surface area contributed by atoms with Crippen molar-refractivity contribution >= 4 is 35.0 Å². The van der Waals surface area contributed by atoms with E-state index < -0.39 is 52.7 Å². The van der Waals surface area contributed by atoms with Gasteiger partial charge in [0.1, 0.15) is 28.7 Å². The summed E-state index contributed by atoms with van der Waals surface area (Å²) in [5.74, 6) is -4.33. The minimum atomic E-state index is -1.18. The van der Waals surface area contributed by atoms with Crippen LogP contribution in [0.5, 0.6) is 0 Å². The number of pyridine rings is 1. The number of carbonyl (C=O) groups is 2. The monoisotopic (exact) mass is 598 g/mol. The molecule has 0 saturated heterocycles. The SMILES string of the molecule is CC(C)N1C(=O)N(c2c(F)cc(NCCN(C)C(=O)OC(C)(C)C)cc2F)c2cc(C#N)cc(F)c2-c2cc(F)cnc21. The Morgan fingerprint density at radius 1 is 1.09 bits per heavy atom. The summed E-state index contributed by atoms with van der Waals surface area (Å²) in [7, 11) is 1.51. The number of benzene rings is 2. The highest BCUT2D eigenvalue weighted by atomic mass is 19.1. The molecule has 13 heteroatoms. The van der Waals surface area contributed by atoms with E-state index in [9.17, 15) is 19.2 Å². The Bertz CT molecular complexity index is 1610. The number of urea groups is 1. The number of nitrogens with zero attached hydrogens (tertiary/aromatic N) is 5. The molecule has 3 amide bonds. The maximum atomic E-state index is 15.8. The van der Waals surface area contributed by atoms with Crippen LogP contribution in [0.15, 0.2) is 36.5 Å². The van der Waals surface area contributed by atoms with Crippen LogP contribution in [-0.2, 0) is 4.74 Å². The fourth-order valence-electron chi connectivity index (χ4n) is 4.57. The van der Waals surface area contributed by atoms with Gasteiger partial charge >= 0.3 is 12.1 Å². The van der Waals surface area contributed by atoms with Gasteiger partial charge in [0.05, 0.1) is 23.5 Å². The van der Waals surface area contributed by atoms with Gasteiger partial charge in [-0.3, -0.25) is 9.80 Å². The number of aromatic nitrogens is 1. The zero-order chi connectivity index (χ0) is 31.8. The highest BCUT2D eigenvalue weighted by Crippen LogP contribution is 2.47. The molecule has 0 atom stereocenters. The fraction of sp³-hybridized carbons (Fsp3) is 0.333. The number of hydrogen-bond acceptors (Lipinski definition) is 6. The molecule has 3 aromatic rings. The molecule has 1 aromatic heterocycles. The average Bonchev–Trinajstić information content (AvgIpc) is 2.99. The Labute approximate surface area is 246 Å². The van der Waals surface area contributed by atoms with Crippen molar-refractivity contribution in [1.82, 2.24) is 9.88 Å². The van der Waals surface area contributed by atoms with Crippen molar-refractivity contribution < 1.29 is 31.9 Å². The first-order valence-corrected chi connectivity index (χ1v) is 13.3. The van der Waals surface area contributed by atoms with Gasteiger partial charge in [0, 0.05) is 43.0 Å². The molecule has 4 rings (SSSR count). The summed E-state index contributed by atoms with van der Waals surface area (Å²) >= 11 is 0. The molecule has 0 aliphatic carbocycles. The largest absolute Gasteiger partial charge is 0.444 e. The highest BCUT2D eigenvalue weighted by Gasteiger charge is 2.39. The number of carbonyl (C=O) groups excluding carboxylic acids is 2. The molecule has 43 heavy (non-hydrogen) atoms.